The zero-order valence-corrected chi connectivity index (χ0v) is 10.1. The zero-order chi connectivity index (χ0) is 12.7. The summed E-state index contributed by atoms with van der Waals surface area (Å²) in [5, 5.41) is 17.9. The summed E-state index contributed by atoms with van der Waals surface area (Å²) in [6, 6.07) is 7.21. The van der Waals surface area contributed by atoms with E-state index >= 15 is 0 Å². The number of rotatable bonds is 6. The molecule has 0 fully saturated rings. The number of hydrogen-bond donors (Lipinski definition) is 1. The molecule has 1 unspecified atom stereocenters. The zero-order valence-electron chi connectivity index (χ0n) is 10.1. The van der Waals surface area contributed by atoms with E-state index < -0.39 is 6.10 Å². The second-order valence-electron chi connectivity index (χ2n) is 3.67. The maximum Gasteiger partial charge on any atom is 0.181 e. The summed E-state index contributed by atoms with van der Waals surface area (Å²) in [6.07, 6.45) is 0.369. The third kappa shape index (κ3) is 3.97. The number of aliphatic hydroxyl groups excluding tert-OH is 1. The minimum atomic E-state index is -0.554. The highest BCUT2D eigenvalue weighted by Crippen LogP contribution is 2.26. The molecule has 0 aliphatic carbocycles. The number of ether oxygens (including phenoxy) is 2. The van der Waals surface area contributed by atoms with Crippen molar-refractivity contribution in [2.24, 2.45) is 0 Å². The van der Waals surface area contributed by atoms with Gasteiger partial charge in [0.15, 0.2) is 6.10 Å². The van der Waals surface area contributed by atoms with Crippen LogP contribution in [0.25, 0.3) is 0 Å². The van der Waals surface area contributed by atoms with Crippen LogP contribution in [-0.2, 0) is 6.61 Å². The van der Waals surface area contributed by atoms with E-state index in [1.54, 1.807) is 25.1 Å². The van der Waals surface area contributed by atoms with Gasteiger partial charge in [-0.25, -0.2) is 0 Å². The Hall–Kier alpha value is -1.73. The molecule has 4 nitrogen and oxygen atoms in total. The molecule has 0 saturated heterocycles. The fourth-order valence-corrected chi connectivity index (χ4v) is 1.30. The molecule has 1 rings (SSSR count). The van der Waals surface area contributed by atoms with Gasteiger partial charge in [-0.1, -0.05) is 6.92 Å². The van der Waals surface area contributed by atoms with Crippen molar-refractivity contribution in [3.63, 3.8) is 0 Å². The van der Waals surface area contributed by atoms with E-state index in [4.69, 9.17) is 19.8 Å². The molecule has 1 aromatic carbocycles. The van der Waals surface area contributed by atoms with Crippen molar-refractivity contribution in [2.45, 2.75) is 33.0 Å². The first-order valence-corrected chi connectivity index (χ1v) is 5.64. The molecule has 0 heterocycles. The lowest BCUT2D eigenvalue weighted by molar-refractivity contribution is 0.244. The molecule has 0 aliphatic heterocycles. The predicted octanol–water partition coefficient (Wildman–Crippen LogP) is 2.26. The van der Waals surface area contributed by atoms with Crippen LogP contribution >= 0.6 is 0 Å². The van der Waals surface area contributed by atoms with Crippen molar-refractivity contribution in [2.75, 3.05) is 6.61 Å². The first-order chi connectivity index (χ1) is 8.21. The van der Waals surface area contributed by atoms with Crippen molar-refractivity contribution >= 4 is 0 Å². The molecule has 0 amide bonds. The number of nitrogens with zero attached hydrogens (tertiary/aromatic N) is 1. The highest BCUT2D eigenvalue weighted by Gasteiger charge is 2.08. The topological polar surface area (TPSA) is 62.5 Å². The second kappa shape index (κ2) is 6.77. The Kier molecular flexibility index (Phi) is 5.31. The van der Waals surface area contributed by atoms with Gasteiger partial charge in [0.05, 0.1) is 13.2 Å². The minimum absolute atomic E-state index is 0.123. The maximum atomic E-state index is 9.17. The molecule has 0 radical (unpaired) electrons. The lowest BCUT2D eigenvalue weighted by Gasteiger charge is -2.13. The fourth-order valence-electron chi connectivity index (χ4n) is 1.30. The third-order valence-electron chi connectivity index (χ3n) is 2.17. The Morgan fingerprint density at radius 2 is 2.24 bits per heavy atom. The SMILES string of the molecule is CCCOc1ccc(CO)c(OC(C)C#N)c1. The van der Waals surface area contributed by atoms with Gasteiger partial charge in [-0.2, -0.15) is 5.26 Å². The number of nitriles is 1. The highest BCUT2D eigenvalue weighted by molar-refractivity contribution is 5.40. The Labute approximate surface area is 101 Å². The third-order valence-corrected chi connectivity index (χ3v) is 2.17. The van der Waals surface area contributed by atoms with Crippen LogP contribution in [0.2, 0.25) is 0 Å². The van der Waals surface area contributed by atoms with Crippen molar-refractivity contribution in [1.29, 1.82) is 5.26 Å². The highest BCUT2D eigenvalue weighted by atomic mass is 16.5. The van der Waals surface area contributed by atoms with Crippen LogP contribution < -0.4 is 9.47 Å². The largest absolute Gasteiger partial charge is 0.493 e. The Morgan fingerprint density at radius 1 is 1.47 bits per heavy atom. The van der Waals surface area contributed by atoms with Gasteiger partial charge in [0.25, 0.3) is 0 Å². The molecule has 0 aromatic heterocycles. The first-order valence-electron chi connectivity index (χ1n) is 5.64. The fraction of sp³-hybridized carbons (Fsp3) is 0.462. The van der Waals surface area contributed by atoms with Crippen LogP contribution in [0.15, 0.2) is 18.2 Å². The van der Waals surface area contributed by atoms with Gasteiger partial charge in [-0.3, -0.25) is 0 Å². The summed E-state index contributed by atoms with van der Waals surface area (Å²) in [4.78, 5) is 0. The maximum absolute atomic E-state index is 9.17. The first kappa shape index (κ1) is 13.3. The van der Waals surface area contributed by atoms with Crippen molar-refractivity contribution in [3.05, 3.63) is 23.8 Å². The summed E-state index contributed by atoms with van der Waals surface area (Å²) in [6.45, 7) is 4.19. The van der Waals surface area contributed by atoms with Crippen molar-refractivity contribution < 1.29 is 14.6 Å². The van der Waals surface area contributed by atoms with Gasteiger partial charge < -0.3 is 14.6 Å². The van der Waals surface area contributed by atoms with E-state index in [-0.39, 0.29) is 6.61 Å². The van der Waals surface area contributed by atoms with Crippen LogP contribution in [0.5, 0.6) is 11.5 Å². The summed E-state index contributed by atoms with van der Waals surface area (Å²) < 4.78 is 10.9. The second-order valence-corrected chi connectivity index (χ2v) is 3.67. The molecule has 92 valence electrons. The molecule has 4 heteroatoms. The summed E-state index contributed by atoms with van der Waals surface area (Å²) in [5.74, 6) is 1.18. The van der Waals surface area contributed by atoms with Crippen LogP contribution in [0, 0.1) is 11.3 Å². The predicted molar refractivity (Wildman–Crippen MR) is 63.9 cm³/mol. The molecule has 1 aromatic rings. The lowest BCUT2D eigenvalue weighted by atomic mass is 10.2. The van der Waals surface area contributed by atoms with Gasteiger partial charge in [0.2, 0.25) is 0 Å². The molecule has 1 atom stereocenters. The molecule has 0 spiro atoms. The van der Waals surface area contributed by atoms with Crippen LogP contribution in [0.3, 0.4) is 0 Å². The van der Waals surface area contributed by atoms with Gasteiger partial charge in [-0.15, -0.1) is 0 Å². The summed E-state index contributed by atoms with van der Waals surface area (Å²) in [7, 11) is 0. The van der Waals surface area contributed by atoms with Crippen LogP contribution in [-0.4, -0.2) is 17.8 Å². The van der Waals surface area contributed by atoms with E-state index in [0.29, 0.717) is 23.7 Å². The number of aliphatic hydroxyl groups is 1. The normalized spacial score (nSPS) is 11.6. The number of hydrogen-bond acceptors (Lipinski definition) is 4. The Balaban J connectivity index is 2.86. The van der Waals surface area contributed by atoms with Gasteiger partial charge in [0, 0.05) is 11.6 Å². The van der Waals surface area contributed by atoms with E-state index in [0.717, 1.165) is 6.42 Å². The number of benzene rings is 1. The summed E-state index contributed by atoms with van der Waals surface area (Å²) in [5.41, 5.74) is 0.649. The molecule has 17 heavy (non-hydrogen) atoms. The smallest absolute Gasteiger partial charge is 0.181 e. The minimum Gasteiger partial charge on any atom is -0.493 e. The van der Waals surface area contributed by atoms with Crippen molar-refractivity contribution in [3.8, 4) is 17.6 Å². The summed E-state index contributed by atoms with van der Waals surface area (Å²) >= 11 is 0. The van der Waals surface area contributed by atoms with Gasteiger partial charge in [-0.05, 0) is 25.5 Å². The molecular weight excluding hydrogens is 218 g/mol. The van der Waals surface area contributed by atoms with E-state index in [1.807, 2.05) is 13.0 Å². The Morgan fingerprint density at radius 3 is 2.82 bits per heavy atom. The quantitative estimate of drug-likeness (QED) is 0.821. The molecule has 1 N–H and O–H groups in total. The average Bonchev–Trinajstić information content (AvgIpc) is 2.36. The standard InChI is InChI=1S/C13H17NO3/c1-3-6-16-12-5-4-11(9-15)13(7-12)17-10(2)8-14/h4-5,7,10,15H,3,6,9H2,1-2H3. The average molecular weight is 235 g/mol. The molecule has 0 bridgehead atoms. The molecule has 0 saturated carbocycles. The van der Waals surface area contributed by atoms with Crippen LogP contribution in [0.4, 0.5) is 0 Å². The Bertz CT molecular complexity index is 398. The van der Waals surface area contributed by atoms with E-state index in [2.05, 4.69) is 0 Å². The van der Waals surface area contributed by atoms with Gasteiger partial charge >= 0.3 is 0 Å². The van der Waals surface area contributed by atoms with Crippen molar-refractivity contribution in [1.82, 2.24) is 0 Å². The van der Waals surface area contributed by atoms with Crippen LogP contribution in [0.1, 0.15) is 25.8 Å². The van der Waals surface area contributed by atoms with E-state index in [9.17, 15) is 0 Å². The molecular formula is C13H17NO3. The lowest BCUT2D eigenvalue weighted by Crippen LogP contribution is -2.10. The van der Waals surface area contributed by atoms with Gasteiger partial charge in [0.1, 0.15) is 17.6 Å². The molecule has 0 aliphatic rings. The van der Waals surface area contributed by atoms with E-state index in [1.165, 1.54) is 0 Å². The monoisotopic (exact) mass is 235 g/mol.